The van der Waals surface area contributed by atoms with E-state index in [0.29, 0.717) is 0 Å². The minimum atomic E-state index is 1.11. The Morgan fingerprint density at radius 2 is 0.542 bits per heavy atom. The summed E-state index contributed by atoms with van der Waals surface area (Å²) in [5, 5.41) is 0. The Morgan fingerprint density at radius 1 is 0.292 bits per heavy atom. The van der Waals surface area contributed by atoms with Gasteiger partial charge in [-0.2, -0.15) is 0 Å². The highest BCUT2D eigenvalue weighted by Gasteiger charge is 2.14. The number of aryl methyl sites for hydroxylation is 1. The maximum atomic E-state index is 2.33. The molecule has 0 heterocycles. The van der Waals surface area contributed by atoms with Crippen molar-refractivity contribution in [2.75, 3.05) is 16.8 Å². The number of hydrogen-bond acceptors (Lipinski definition) is 2. The molecule has 0 spiro atoms. The first-order valence-electron chi connectivity index (χ1n) is 16.7. The van der Waals surface area contributed by atoms with Crippen molar-refractivity contribution in [1.82, 2.24) is 0 Å². The first kappa shape index (κ1) is 32.1. The fourth-order valence-electron chi connectivity index (χ4n) is 5.91. The highest BCUT2D eigenvalue weighted by atomic mass is 15.1. The van der Waals surface area contributed by atoms with E-state index in [-0.39, 0.29) is 0 Å². The molecule has 7 aromatic carbocycles. The SMILES string of the molecule is CC.Cc1ccc(N(C)c2ccc(-c3ccc(N(c4ccc(-c5ccccc5)cc4)c4ccc(-c5ccccc5)cc4)cc3)cc2)cc1. The van der Waals surface area contributed by atoms with E-state index in [1.54, 1.807) is 0 Å². The second-order valence-electron chi connectivity index (χ2n) is 11.6. The zero-order valence-corrected chi connectivity index (χ0v) is 28.2. The van der Waals surface area contributed by atoms with E-state index in [2.05, 4.69) is 206 Å². The van der Waals surface area contributed by atoms with Crippen LogP contribution in [0.5, 0.6) is 0 Å². The third-order valence-electron chi connectivity index (χ3n) is 8.60. The zero-order chi connectivity index (χ0) is 33.3. The molecule has 2 nitrogen and oxygen atoms in total. The van der Waals surface area contributed by atoms with E-state index in [1.165, 1.54) is 44.6 Å². The minimum Gasteiger partial charge on any atom is -0.345 e. The maximum Gasteiger partial charge on any atom is 0.0462 e. The topological polar surface area (TPSA) is 6.48 Å². The lowest BCUT2D eigenvalue weighted by Gasteiger charge is -2.26. The highest BCUT2D eigenvalue weighted by Crippen LogP contribution is 2.38. The summed E-state index contributed by atoms with van der Waals surface area (Å²) in [6.45, 7) is 6.12. The fourth-order valence-corrected chi connectivity index (χ4v) is 5.91. The van der Waals surface area contributed by atoms with Crippen LogP contribution in [-0.2, 0) is 0 Å². The molecular weight excluding hydrogens is 581 g/mol. The molecule has 0 radical (unpaired) electrons. The lowest BCUT2D eigenvalue weighted by Crippen LogP contribution is -2.10. The summed E-state index contributed by atoms with van der Waals surface area (Å²) in [6.07, 6.45) is 0. The summed E-state index contributed by atoms with van der Waals surface area (Å²) < 4.78 is 0. The average Bonchev–Trinajstić information content (AvgIpc) is 3.17. The molecule has 0 saturated carbocycles. The zero-order valence-electron chi connectivity index (χ0n) is 28.2. The van der Waals surface area contributed by atoms with E-state index in [0.717, 1.165) is 22.7 Å². The Hall–Kier alpha value is -5.86. The molecule has 0 aliphatic heterocycles. The lowest BCUT2D eigenvalue weighted by atomic mass is 10.0. The average molecular weight is 623 g/mol. The van der Waals surface area contributed by atoms with Gasteiger partial charge in [-0.1, -0.05) is 141 Å². The van der Waals surface area contributed by atoms with E-state index in [9.17, 15) is 0 Å². The third kappa shape index (κ3) is 7.24. The van der Waals surface area contributed by atoms with Crippen LogP contribution >= 0.6 is 0 Å². The van der Waals surface area contributed by atoms with Gasteiger partial charge in [-0.25, -0.2) is 0 Å². The van der Waals surface area contributed by atoms with Crippen LogP contribution in [0.25, 0.3) is 33.4 Å². The lowest BCUT2D eigenvalue weighted by molar-refractivity contribution is 1.20. The van der Waals surface area contributed by atoms with Gasteiger partial charge in [-0.3, -0.25) is 0 Å². The molecule has 0 unspecified atom stereocenters. The van der Waals surface area contributed by atoms with Crippen molar-refractivity contribution in [3.8, 4) is 33.4 Å². The van der Waals surface area contributed by atoms with Crippen molar-refractivity contribution in [1.29, 1.82) is 0 Å². The summed E-state index contributed by atoms with van der Waals surface area (Å²) >= 11 is 0. The van der Waals surface area contributed by atoms with Crippen LogP contribution in [-0.4, -0.2) is 7.05 Å². The van der Waals surface area contributed by atoms with Crippen LogP contribution in [0.1, 0.15) is 19.4 Å². The molecule has 0 aliphatic carbocycles. The standard InChI is InChI=1S/C44H36N2.C2H6/c1-33-13-23-40(24-14-33)45(2)41-25-15-38(16-26-41)39-21-31-44(32-22-39)46(42-27-17-36(18-28-42)34-9-5-3-6-10-34)43-29-19-37(20-30-43)35-11-7-4-8-12-35;1-2/h3-32H,1-2H3;1-2H3. The van der Waals surface area contributed by atoms with E-state index in [1.807, 2.05) is 13.8 Å². The molecule has 0 fully saturated rings. The number of nitrogens with zero attached hydrogens (tertiary/aromatic N) is 2. The summed E-state index contributed by atoms with van der Waals surface area (Å²) in [5.74, 6) is 0. The van der Waals surface area contributed by atoms with E-state index >= 15 is 0 Å². The first-order valence-corrected chi connectivity index (χ1v) is 16.7. The van der Waals surface area contributed by atoms with Crippen molar-refractivity contribution in [3.63, 3.8) is 0 Å². The quantitative estimate of drug-likeness (QED) is 0.166. The van der Waals surface area contributed by atoms with E-state index < -0.39 is 0 Å². The summed E-state index contributed by atoms with van der Waals surface area (Å²) in [6, 6.07) is 65.1. The van der Waals surface area contributed by atoms with Gasteiger partial charge in [0, 0.05) is 35.5 Å². The molecule has 7 aromatic rings. The van der Waals surface area contributed by atoms with Gasteiger partial charge in [0.1, 0.15) is 0 Å². The van der Waals surface area contributed by atoms with Crippen LogP contribution in [0, 0.1) is 6.92 Å². The monoisotopic (exact) mass is 622 g/mol. The molecule has 2 heteroatoms. The molecule has 0 bridgehead atoms. The first-order chi connectivity index (χ1) is 23.6. The number of anilines is 5. The van der Waals surface area contributed by atoms with Crippen LogP contribution in [0.2, 0.25) is 0 Å². The van der Waals surface area contributed by atoms with Gasteiger partial charge in [0.2, 0.25) is 0 Å². The normalized spacial score (nSPS) is 10.5. The maximum absolute atomic E-state index is 2.33. The molecule has 0 N–H and O–H groups in total. The Bertz CT molecular complexity index is 1910. The third-order valence-corrected chi connectivity index (χ3v) is 8.60. The molecule has 236 valence electrons. The number of hydrogen-bond donors (Lipinski definition) is 0. The second-order valence-corrected chi connectivity index (χ2v) is 11.6. The second kappa shape index (κ2) is 15.2. The van der Waals surface area contributed by atoms with Gasteiger partial charge in [0.25, 0.3) is 0 Å². The molecule has 0 amide bonds. The summed E-state index contributed by atoms with van der Waals surface area (Å²) in [5.41, 5.74) is 14.2. The van der Waals surface area contributed by atoms with Gasteiger partial charge in [0.15, 0.2) is 0 Å². The predicted octanol–water partition coefficient (Wildman–Crippen LogP) is 13.3. The highest BCUT2D eigenvalue weighted by molar-refractivity contribution is 5.81. The van der Waals surface area contributed by atoms with E-state index in [4.69, 9.17) is 0 Å². The van der Waals surface area contributed by atoms with Gasteiger partial charge in [0.05, 0.1) is 0 Å². The molecule has 48 heavy (non-hydrogen) atoms. The summed E-state index contributed by atoms with van der Waals surface area (Å²) in [4.78, 5) is 4.54. The van der Waals surface area contributed by atoms with Crippen molar-refractivity contribution in [3.05, 3.63) is 188 Å². The van der Waals surface area contributed by atoms with Crippen molar-refractivity contribution >= 4 is 28.4 Å². The minimum absolute atomic E-state index is 1.11. The van der Waals surface area contributed by atoms with Crippen LogP contribution in [0.3, 0.4) is 0 Å². The Morgan fingerprint density at radius 3 is 0.854 bits per heavy atom. The van der Waals surface area contributed by atoms with Crippen LogP contribution in [0.4, 0.5) is 28.4 Å². The Labute approximate surface area is 286 Å². The molecule has 0 aromatic heterocycles. The van der Waals surface area contributed by atoms with Crippen LogP contribution in [0.15, 0.2) is 182 Å². The van der Waals surface area contributed by atoms with Gasteiger partial charge >= 0.3 is 0 Å². The van der Waals surface area contributed by atoms with Crippen molar-refractivity contribution < 1.29 is 0 Å². The van der Waals surface area contributed by atoms with Gasteiger partial charge < -0.3 is 9.80 Å². The van der Waals surface area contributed by atoms with Crippen LogP contribution < -0.4 is 9.80 Å². The summed E-state index contributed by atoms with van der Waals surface area (Å²) in [7, 11) is 2.11. The number of benzene rings is 7. The predicted molar refractivity (Wildman–Crippen MR) is 208 cm³/mol. The Balaban J connectivity index is 0.00000197. The number of rotatable bonds is 8. The van der Waals surface area contributed by atoms with Crippen molar-refractivity contribution in [2.45, 2.75) is 20.8 Å². The molecule has 7 rings (SSSR count). The largest absolute Gasteiger partial charge is 0.345 e. The van der Waals surface area contributed by atoms with Crippen molar-refractivity contribution in [2.24, 2.45) is 0 Å². The molecule has 0 aliphatic rings. The van der Waals surface area contributed by atoms with Gasteiger partial charge in [-0.05, 0) is 101 Å². The molecule has 0 saturated heterocycles. The Kier molecular flexibility index (Phi) is 10.1. The van der Waals surface area contributed by atoms with Gasteiger partial charge in [-0.15, -0.1) is 0 Å². The molecular formula is C46H42N2. The molecule has 0 atom stereocenters. The fraction of sp³-hybridized carbons (Fsp3) is 0.0870. The smallest absolute Gasteiger partial charge is 0.0462 e.